The molecule has 3 N–H and O–H groups in total. The highest BCUT2D eigenvalue weighted by Gasteiger charge is 2.14. The lowest BCUT2D eigenvalue weighted by Crippen LogP contribution is -2.26. The summed E-state index contributed by atoms with van der Waals surface area (Å²) < 4.78 is 8.39. The number of H-pyrrole nitrogens is 1. The van der Waals surface area contributed by atoms with Gasteiger partial charge in [0, 0.05) is 18.7 Å². The predicted molar refractivity (Wildman–Crippen MR) is 128 cm³/mol. The molecule has 160 valence electrons. The van der Waals surface area contributed by atoms with Gasteiger partial charge in [-0.15, -0.1) is 0 Å². The quantitative estimate of drug-likeness (QED) is 0.410. The molecule has 2 aromatic heterocycles. The maximum Gasteiger partial charge on any atom is 0.196 e. The van der Waals surface area contributed by atoms with Crippen molar-refractivity contribution in [3.05, 3.63) is 70.3 Å². The molecule has 5 rings (SSSR count). The number of fused-ring (bicyclic) bond motifs is 1. The summed E-state index contributed by atoms with van der Waals surface area (Å²) in [5.74, 6) is 1.10. The molecule has 31 heavy (non-hydrogen) atoms. The molecular weight excluding hydrogens is 430 g/mol. The standard InChI is InChI=1S/C13H16N2.C9H8ClN5S/c1-9-5-4-6-12(10(9)2)11(3)13-7-14-8-15-13;10-5-1-2-6-8(15-16-14-6)7(5)13-9-11-3-4-12-9/h4-8,11H,1-3H3,(H,14,15);1-2H,3-4H2,(H2,11,12,13)/t11-;/m0./s1. The third kappa shape index (κ3) is 4.70. The van der Waals surface area contributed by atoms with E-state index in [1.165, 1.54) is 28.4 Å². The van der Waals surface area contributed by atoms with Crippen LogP contribution in [-0.4, -0.2) is 37.8 Å². The van der Waals surface area contributed by atoms with Crippen molar-refractivity contribution >= 4 is 46.0 Å². The van der Waals surface area contributed by atoms with Gasteiger partial charge in [0.05, 0.1) is 41.0 Å². The summed E-state index contributed by atoms with van der Waals surface area (Å²) in [5, 5.41) is 6.90. The highest BCUT2D eigenvalue weighted by Crippen LogP contribution is 2.30. The number of anilines is 1. The number of hydrogen-bond donors (Lipinski definition) is 3. The summed E-state index contributed by atoms with van der Waals surface area (Å²) in [6.45, 7) is 8.15. The van der Waals surface area contributed by atoms with Gasteiger partial charge in [-0.3, -0.25) is 4.99 Å². The van der Waals surface area contributed by atoms with Gasteiger partial charge in [-0.2, -0.15) is 8.75 Å². The fraction of sp³-hybridized carbons (Fsp3) is 0.273. The molecule has 9 heteroatoms. The fourth-order valence-electron chi connectivity index (χ4n) is 3.46. The number of benzene rings is 2. The molecular formula is C22H24ClN7S. The van der Waals surface area contributed by atoms with Crippen LogP contribution >= 0.6 is 23.3 Å². The van der Waals surface area contributed by atoms with Crippen LogP contribution in [0.25, 0.3) is 11.0 Å². The molecule has 0 saturated heterocycles. The van der Waals surface area contributed by atoms with Crippen molar-refractivity contribution in [2.45, 2.75) is 26.7 Å². The molecule has 1 aliphatic rings. The first kappa shape index (κ1) is 21.3. The summed E-state index contributed by atoms with van der Waals surface area (Å²) in [5.41, 5.74) is 7.57. The molecule has 0 fully saturated rings. The van der Waals surface area contributed by atoms with Crippen LogP contribution in [-0.2, 0) is 0 Å². The second-order valence-corrected chi connectivity index (χ2v) is 8.28. The first-order chi connectivity index (χ1) is 15.0. The molecule has 0 spiro atoms. The highest BCUT2D eigenvalue weighted by molar-refractivity contribution is 7.00. The van der Waals surface area contributed by atoms with Crippen LogP contribution in [0.5, 0.6) is 0 Å². The molecule has 0 aliphatic carbocycles. The zero-order valence-electron chi connectivity index (χ0n) is 17.6. The van der Waals surface area contributed by atoms with E-state index in [9.17, 15) is 0 Å². The summed E-state index contributed by atoms with van der Waals surface area (Å²) in [4.78, 5) is 11.6. The van der Waals surface area contributed by atoms with Crippen molar-refractivity contribution in [3.63, 3.8) is 0 Å². The fourth-order valence-corrected chi connectivity index (χ4v) is 4.20. The van der Waals surface area contributed by atoms with Crippen molar-refractivity contribution in [1.82, 2.24) is 24.0 Å². The second kappa shape index (κ2) is 9.45. The largest absolute Gasteiger partial charge is 0.354 e. The second-order valence-electron chi connectivity index (χ2n) is 7.34. The van der Waals surface area contributed by atoms with Gasteiger partial charge < -0.3 is 15.6 Å². The minimum atomic E-state index is 0.358. The SMILES string of the molecule is Cc1cccc([C@H](C)c2c[nH]cn2)c1C.Clc1ccc2nsnc2c1NC1=NCCN1. The van der Waals surface area contributed by atoms with Gasteiger partial charge in [0.15, 0.2) is 5.96 Å². The Labute approximate surface area is 190 Å². The average Bonchev–Trinajstić information content (AvgIpc) is 3.55. The molecule has 0 bridgehead atoms. The number of rotatable bonds is 3. The minimum Gasteiger partial charge on any atom is -0.354 e. The number of guanidine groups is 1. The number of aliphatic imine (C=N–C) groups is 1. The van der Waals surface area contributed by atoms with E-state index in [4.69, 9.17) is 11.6 Å². The number of hydrogen-bond acceptors (Lipinski definition) is 7. The van der Waals surface area contributed by atoms with Crippen molar-refractivity contribution in [3.8, 4) is 0 Å². The van der Waals surface area contributed by atoms with Crippen LogP contribution < -0.4 is 10.6 Å². The maximum atomic E-state index is 6.13. The number of imidazole rings is 1. The molecule has 0 saturated carbocycles. The monoisotopic (exact) mass is 453 g/mol. The number of aryl methyl sites for hydroxylation is 1. The minimum absolute atomic E-state index is 0.358. The van der Waals surface area contributed by atoms with Crippen LogP contribution in [0.15, 0.2) is 47.8 Å². The zero-order chi connectivity index (χ0) is 21.8. The van der Waals surface area contributed by atoms with Crippen LogP contribution in [0.2, 0.25) is 5.02 Å². The van der Waals surface area contributed by atoms with Gasteiger partial charge in [-0.05, 0) is 42.7 Å². The van der Waals surface area contributed by atoms with E-state index < -0.39 is 0 Å². The first-order valence-electron chi connectivity index (χ1n) is 10.1. The van der Waals surface area contributed by atoms with Gasteiger partial charge in [0.1, 0.15) is 11.0 Å². The summed E-state index contributed by atoms with van der Waals surface area (Å²) in [7, 11) is 0. The van der Waals surface area contributed by atoms with Gasteiger partial charge in [-0.25, -0.2) is 4.98 Å². The molecule has 1 atom stereocenters. The van der Waals surface area contributed by atoms with E-state index in [-0.39, 0.29) is 0 Å². The van der Waals surface area contributed by atoms with Crippen LogP contribution in [0.4, 0.5) is 5.69 Å². The Balaban J connectivity index is 0.000000150. The van der Waals surface area contributed by atoms with E-state index in [2.05, 4.69) is 73.3 Å². The molecule has 4 aromatic rings. The Hall–Kier alpha value is -2.97. The van der Waals surface area contributed by atoms with Crippen molar-refractivity contribution < 1.29 is 0 Å². The summed E-state index contributed by atoms with van der Waals surface area (Å²) in [6, 6.07) is 10.1. The smallest absolute Gasteiger partial charge is 0.196 e. The van der Waals surface area contributed by atoms with E-state index >= 15 is 0 Å². The Morgan fingerprint density at radius 2 is 2.03 bits per heavy atom. The zero-order valence-corrected chi connectivity index (χ0v) is 19.2. The lowest BCUT2D eigenvalue weighted by atomic mass is 9.92. The van der Waals surface area contributed by atoms with E-state index in [1.54, 1.807) is 6.33 Å². The van der Waals surface area contributed by atoms with Crippen molar-refractivity contribution in [2.75, 3.05) is 18.4 Å². The molecule has 7 nitrogen and oxygen atoms in total. The lowest BCUT2D eigenvalue weighted by molar-refractivity contribution is 0.871. The third-order valence-corrected chi connectivity index (χ3v) is 6.23. The van der Waals surface area contributed by atoms with Gasteiger partial charge in [-0.1, -0.05) is 36.7 Å². The Morgan fingerprint density at radius 1 is 1.16 bits per heavy atom. The maximum absolute atomic E-state index is 6.13. The molecule has 1 aliphatic heterocycles. The average molecular weight is 454 g/mol. The summed E-state index contributed by atoms with van der Waals surface area (Å²) in [6.07, 6.45) is 3.70. The van der Waals surface area contributed by atoms with E-state index in [0.29, 0.717) is 10.9 Å². The van der Waals surface area contributed by atoms with Crippen LogP contribution in [0, 0.1) is 13.8 Å². The number of aromatic amines is 1. The Kier molecular flexibility index (Phi) is 6.48. The molecule has 3 heterocycles. The number of nitrogens with one attached hydrogen (secondary N) is 3. The van der Waals surface area contributed by atoms with E-state index in [1.807, 2.05) is 18.3 Å². The van der Waals surface area contributed by atoms with Gasteiger partial charge in [0.2, 0.25) is 0 Å². The lowest BCUT2D eigenvalue weighted by Gasteiger charge is -2.14. The Morgan fingerprint density at radius 3 is 2.77 bits per heavy atom. The molecule has 0 radical (unpaired) electrons. The molecule has 0 unspecified atom stereocenters. The van der Waals surface area contributed by atoms with Gasteiger partial charge >= 0.3 is 0 Å². The first-order valence-corrected chi connectivity index (χ1v) is 11.2. The van der Waals surface area contributed by atoms with E-state index in [0.717, 1.165) is 41.5 Å². The van der Waals surface area contributed by atoms with Gasteiger partial charge in [0.25, 0.3) is 0 Å². The Bertz CT molecular complexity index is 1200. The number of nitrogens with zero attached hydrogens (tertiary/aromatic N) is 4. The van der Waals surface area contributed by atoms with Crippen molar-refractivity contribution in [1.29, 1.82) is 0 Å². The van der Waals surface area contributed by atoms with Crippen LogP contribution in [0.3, 0.4) is 0 Å². The third-order valence-electron chi connectivity index (χ3n) is 5.37. The molecule has 0 amide bonds. The normalized spacial score (nSPS) is 13.9. The predicted octanol–water partition coefficient (Wildman–Crippen LogP) is 4.89. The highest BCUT2D eigenvalue weighted by atomic mass is 35.5. The number of aromatic nitrogens is 4. The topological polar surface area (TPSA) is 90.9 Å². The van der Waals surface area contributed by atoms with Crippen molar-refractivity contribution in [2.24, 2.45) is 4.99 Å². The molecule has 2 aromatic carbocycles. The summed E-state index contributed by atoms with van der Waals surface area (Å²) >= 11 is 7.30. The van der Waals surface area contributed by atoms with Crippen LogP contribution in [0.1, 0.15) is 35.2 Å². The number of halogens is 1.